The van der Waals surface area contributed by atoms with Gasteiger partial charge in [-0.05, 0) is 58.2 Å². The number of carbonyl (C=O) groups excluding carboxylic acids is 2. The second-order valence-electron chi connectivity index (χ2n) is 9.27. The van der Waals surface area contributed by atoms with E-state index in [4.69, 9.17) is 11.6 Å². The van der Waals surface area contributed by atoms with Crippen LogP contribution in [0.5, 0.6) is 0 Å². The Balaban J connectivity index is 2.18. The van der Waals surface area contributed by atoms with E-state index in [0.717, 1.165) is 11.3 Å². The summed E-state index contributed by atoms with van der Waals surface area (Å²) in [5, 5.41) is 3.62. The van der Waals surface area contributed by atoms with Gasteiger partial charge in [0, 0.05) is 22.9 Å². The molecule has 0 bridgehead atoms. The number of nitrogens with zero attached hydrogens (tertiary/aromatic N) is 1. The van der Waals surface area contributed by atoms with Gasteiger partial charge in [0.1, 0.15) is 6.04 Å². The summed E-state index contributed by atoms with van der Waals surface area (Å²) in [6, 6.07) is 13.4. The highest BCUT2D eigenvalue weighted by molar-refractivity contribution is 7.99. The van der Waals surface area contributed by atoms with Gasteiger partial charge < -0.3 is 10.2 Å². The van der Waals surface area contributed by atoms with Crippen molar-refractivity contribution < 1.29 is 9.59 Å². The van der Waals surface area contributed by atoms with Gasteiger partial charge in [-0.3, -0.25) is 9.59 Å². The fourth-order valence-electron chi connectivity index (χ4n) is 3.67. The summed E-state index contributed by atoms with van der Waals surface area (Å²) < 4.78 is 0. The molecule has 32 heavy (non-hydrogen) atoms. The number of halogens is 1. The van der Waals surface area contributed by atoms with Crippen LogP contribution in [0.25, 0.3) is 0 Å². The number of rotatable bonds is 9. The van der Waals surface area contributed by atoms with E-state index in [-0.39, 0.29) is 17.4 Å². The number of thioether (sulfide) groups is 1. The van der Waals surface area contributed by atoms with E-state index in [1.807, 2.05) is 52.0 Å². The van der Waals surface area contributed by atoms with Gasteiger partial charge in [0.05, 0.1) is 5.75 Å². The molecule has 0 unspecified atom stereocenters. The van der Waals surface area contributed by atoms with Crippen LogP contribution in [-0.2, 0) is 21.9 Å². The quantitative estimate of drug-likeness (QED) is 0.491. The number of carbonyl (C=O) groups is 2. The second kappa shape index (κ2) is 11.8. The summed E-state index contributed by atoms with van der Waals surface area (Å²) in [6.45, 7) is 12.2. The van der Waals surface area contributed by atoms with Crippen molar-refractivity contribution in [3.05, 3.63) is 69.7 Å². The van der Waals surface area contributed by atoms with Gasteiger partial charge in [0.15, 0.2) is 0 Å². The standard InChI is InChI=1S/C26H35ClN2O2S/c1-7-23(25(31)28-26(4,5)6)29(15-21-10-8-9-11-22(21)27)24(30)17-32-16-20-13-18(2)12-19(3)14-20/h8-14,23H,7,15-17H2,1-6H3,(H,28,31)/t23-/m0/s1. The Labute approximate surface area is 202 Å². The van der Waals surface area contributed by atoms with Gasteiger partial charge in [-0.2, -0.15) is 0 Å². The maximum absolute atomic E-state index is 13.3. The first-order valence-electron chi connectivity index (χ1n) is 11.0. The summed E-state index contributed by atoms with van der Waals surface area (Å²) in [6.07, 6.45) is 0.528. The van der Waals surface area contributed by atoms with E-state index in [1.165, 1.54) is 16.7 Å². The van der Waals surface area contributed by atoms with Crippen molar-refractivity contribution in [3.8, 4) is 0 Å². The lowest BCUT2D eigenvalue weighted by molar-refractivity contribution is -0.140. The number of aryl methyl sites for hydroxylation is 2. The summed E-state index contributed by atoms with van der Waals surface area (Å²) in [5.74, 6) is 0.852. The summed E-state index contributed by atoms with van der Waals surface area (Å²) in [4.78, 5) is 28.0. The van der Waals surface area contributed by atoms with Gasteiger partial charge in [-0.25, -0.2) is 0 Å². The van der Waals surface area contributed by atoms with Crippen molar-refractivity contribution in [3.63, 3.8) is 0 Å². The van der Waals surface area contributed by atoms with Gasteiger partial charge in [0.25, 0.3) is 0 Å². The lowest BCUT2D eigenvalue weighted by Crippen LogP contribution is -2.53. The average molecular weight is 475 g/mol. The average Bonchev–Trinajstić information content (AvgIpc) is 2.67. The topological polar surface area (TPSA) is 49.4 Å². The normalized spacial score (nSPS) is 12.3. The SMILES string of the molecule is CC[C@@H](C(=O)NC(C)(C)C)N(Cc1ccccc1Cl)C(=O)CSCc1cc(C)cc(C)c1. The predicted octanol–water partition coefficient (Wildman–Crippen LogP) is 5.91. The molecule has 1 N–H and O–H groups in total. The van der Waals surface area contributed by atoms with E-state index in [0.29, 0.717) is 23.7 Å². The van der Waals surface area contributed by atoms with Gasteiger partial charge in [-0.1, -0.05) is 66.0 Å². The third-order valence-electron chi connectivity index (χ3n) is 4.96. The number of hydrogen-bond acceptors (Lipinski definition) is 3. The molecule has 2 aromatic rings. The Morgan fingerprint density at radius 1 is 1.09 bits per heavy atom. The zero-order chi connectivity index (χ0) is 23.9. The van der Waals surface area contributed by atoms with Crippen molar-refractivity contribution in [2.45, 2.75) is 71.8 Å². The molecule has 0 radical (unpaired) electrons. The number of nitrogens with one attached hydrogen (secondary N) is 1. The minimum atomic E-state index is -0.556. The largest absolute Gasteiger partial charge is 0.350 e. The fourth-order valence-corrected chi connectivity index (χ4v) is 4.71. The van der Waals surface area contributed by atoms with Gasteiger partial charge in [-0.15, -0.1) is 11.8 Å². The monoisotopic (exact) mass is 474 g/mol. The predicted molar refractivity (Wildman–Crippen MR) is 136 cm³/mol. The molecule has 0 saturated heterocycles. The first kappa shape index (κ1) is 26.3. The molecule has 2 aromatic carbocycles. The Morgan fingerprint density at radius 3 is 2.28 bits per heavy atom. The molecule has 0 aliphatic rings. The summed E-state index contributed by atoms with van der Waals surface area (Å²) >= 11 is 7.95. The molecule has 6 heteroatoms. The molecule has 0 aromatic heterocycles. The maximum Gasteiger partial charge on any atom is 0.243 e. The van der Waals surface area contributed by atoms with Crippen molar-refractivity contribution in [2.75, 3.05) is 5.75 Å². The molecule has 0 fully saturated rings. The second-order valence-corrected chi connectivity index (χ2v) is 10.7. The molecule has 0 saturated carbocycles. The van der Waals surface area contributed by atoms with Crippen molar-refractivity contribution in [1.82, 2.24) is 10.2 Å². The minimum absolute atomic E-state index is 0.0600. The van der Waals surface area contributed by atoms with Crippen LogP contribution >= 0.6 is 23.4 Å². The Bertz CT molecular complexity index is 919. The van der Waals surface area contributed by atoms with Crippen LogP contribution in [0.2, 0.25) is 5.02 Å². The fraction of sp³-hybridized carbons (Fsp3) is 0.462. The smallest absolute Gasteiger partial charge is 0.243 e. The zero-order valence-corrected chi connectivity index (χ0v) is 21.6. The van der Waals surface area contributed by atoms with Crippen molar-refractivity contribution >= 4 is 35.2 Å². The van der Waals surface area contributed by atoms with Crippen molar-refractivity contribution in [2.24, 2.45) is 0 Å². The number of benzene rings is 2. The minimum Gasteiger partial charge on any atom is -0.350 e. The third-order valence-corrected chi connectivity index (χ3v) is 6.32. The molecule has 1 atom stereocenters. The van der Waals surface area contributed by atoms with E-state index in [1.54, 1.807) is 16.7 Å². The van der Waals surface area contributed by atoms with E-state index in [9.17, 15) is 9.59 Å². The summed E-state index contributed by atoms with van der Waals surface area (Å²) in [5.41, 5.74) is 4.11. The molecule has 2 rings (SSSR count). The van der Waals surface area contributed by atoms with Gasteiger partial charge in [0.2, 0.25) is 11.8 Å². The molecule has 2 amide bonds. The van der Waals surface area contributed by atoms with E-state index in [2.05, 4.69) is 37.4 Å². The highest BCUT2D eigenvalue weighted by atomic mass is 35.5. The molecule has 4 nitrogen and oxygen atoms in total. The van der Waals surface area contributed by atoms with Crippen LogP contribution in [0, 0.1) is 13.8 Å². The molecule has 0 heterocycles. The highest BCUT2D eigenvalue weighted by Crippen LogP contribution is 2.22. The molecule has 0 aliphatic carbocycles. The first-order chi connectivity index (χ1) is 15.0. The van der Waals surface area contributed by atoms with Crippen LogP contribution in [0.3, 0.4) is 0 Å². The molecular weight excluding hydrogens is 440 g/mol. The maximum atomic E-state index is 13.3. The third kappa shape index (κ3) is 8.18. The molecular formula is C26H35ClN2O2S. The highest BCUT2D eigenvalue weighted by Gasteiger charge is 2.30. The Hall–Kier alpha value is -1.98. The molecule has 174 valence electrons. The Morgan fingerprint density at radius 2 is 1.72 bits per heavy atom. The lowest BCUT2D eigenvalue weighted by Gasteiger charge is -2.33. The molecule has 0 spiro atoms. The van der Waals surface area contributed by atoms with Crippen LogP contribution in [0.15, 0.2) is 42.5 Å². The van der Waals surface area contributed by atoms with Gasteiger partial charge >= 0.3 is 0 Å². The van der Waals surface area contributed by atoms with Crippen LogP contribution in [0.4, 0.5) is 0 Å². The van der Waals surface area contributed by atoms with Crippen LogP contribution in [-0.4, -0.2) is 34.0 Å². The van der Waals surface area contributed by atoms with Crippen LogP contribution in [0.1, 0.15) is 56.4 Å². The van der Waals surface area contributed by atoms with E-state index < -0.39 is 6.04 Å². The summed E-state index contributed by atoms with van der Waals surface area (Å²) in [7, 11) is 0. The van der Waals surface area contributed by atoms with E-state index >= 15 is 0 Å². The first-order valence-corrected chi connectivity index (χ1v) is 12.5. The Kier molecular flexibility index (Phi) is 9.65. The van der Waals surface area contributed by atoms with Crippen molar-refractivity contribution in [1.29, 1.82) is 0 Å². The number of amides is 2. The van der Waals surface area contributed by atoms with Crippen LogP contribution < -0.4 is 5.32 Å². The zero-order valence-electron chi connectivity index (χ0n) is 20.0. The lowest BCUT2D eigenvalue weighted by atomic mass is 10.1. The molecule has 0 aliphatic heterocycles. The number of hydrogen-bond donors (Lipinski definition) is 1.